The second kappa shape index (κ2) is 8.68. The Balaban J connectivity index is 2.15. The average molecular weight is 379 g/mol. The summed E-state index contributed by atoms with van der Waals surface area (Å²) in [7, 11) is 1.83. The predicted octanol–water partition coefficient (Wildman–Crippen LogP) is 3.31. The summed E-state index contributed by atoms with van der Waals surface area (Å²) in [6, 6.07) is 10.2. The molecule has 0 saturated heterocycles. The highest BCUT2D eigenvalue weighted by Gasteiger charge is 2.32. The topological polar surface area (TPSA) is 70.2 Å². The minimum absolute atomic E-state index is 0.0844. The number of hydrogen-bond acceptors (Lipinski definition) is 3. The van der Waals surface area contributed by atoms with Gasteiger partial charge in [0.25, 0.3) is 5.91 Å². The van der Waals surface area contributed by atoms with Crippen LogP contribution < -0.4 is 16.0 Å². The first kappa shape index (κ1) is 20.4. The first-order valence-electron chi connectivity index (χ1n) is 8.19. The molecular weight excluding hydrogens is 359 g/mol. The second-order valence-electron chi connectivity index (χ2n) is 6.01. The number of amides is 2. The molecule has 0 spiro atoms. The van der Waals surface area contributed by atoms with Gasteiger partial charge in [0.05, 0.1) is 5.56 Å². The van der Waals surface area contributed by atoms with E-state index in [1.807, 2.05) is 31.3 Å². The molecule has 0 radical (unpaired) electrons. The summed E-state index contributed by atoms with van der Waals surface area (Å²) in [6.45, 7) is 2.06. The largest absolute Gasteiger partial charge is 0.416 e. The van der Waals surface area contributed by atoms with Gasteiger partial charge in [0.15, 0.2) is 0 Å². The number of carbonyl (C=O) groups is 2. The highest BCUT2D eigenvalue weighted by Crippen LogP contribution is 2.32. The molecule has 2 rings (SSSR count). The number of anilines is 1. The molecule has 2 amide bonds. The van der Waals surface area contributed by atoms with E-state index in [9.17, 15) is 22.8 Å². The van der Waals surface area contributed by atoms with Crippen LogP contribution in [-0.4, -0.2) is 18.9 Å². The van der Waals surface area contributed by atoms with Crippen molar-refractivity contribution in [1.29, 1.82) is 0 Å². The van der Waals surface area contributed by atoms with E-state index in [1.54, 1.807) is 0 Å². The van der Waals surface area contributed by atoms with Gasteiger partial charge >= 0.3 is 6.18 Å². The standard InChI is InChI=1S/C19H20F3N3O2/c1-12(26)25-17-8-15(7-16(9-17)19(20,21)22)18(27)24-11-14-5-3-13(4-6-14)10-23-2/h3-9,23H,10-11H2,1-2H3,(H,24,27)(H,25,26). The van der Waals surface area contributed by atoms with E-state index in [1.165, 1.54) is 13.0 Å². The van der Waals surface area contributed by atoms with E-state index in [0.717, 1.165) is 23.3 Å². The summed E-state index contributed by atoms with van der Waals surface area (Å²) in [5.41, 5.74) is 0.622. The third-order valence-electron chi connectivity index (χ3n) is 3.70. The van der Waals surface area contributed by atoms with Crippen molar-refractivity contribution in [2.75, 3.05) is 12.4 Å². The summed E-state index contributed by atoms with van der Waals surface area (Å²) < 4.78 is 39.2. The number of benzene rings is 2. The molecule has 0 bridgehead atoms. The molecule has 2 aromatic rings. The summed E-state index contributed by atoms with van der Waals surface area (Å²) >= 11 is 0. The molecule has 0 aliphatic rings. The van der Waals surface area contributed by atoms with Crippen molar-refractivity contribution in [3.63, 3.8) is 0 Å². The quantitative estimate of drug-likeness (QED) is 0.721. The van der Waals surface area contributed by atoms with Gasteiger partial charge in [-0.2, -0.15) is 13.2 Å². The Hall–Kier alpha value is -2.87. The zero-order chi connectivity index (χ0) is 20.0. The second-order valence-corrected chi connectivity index (χ2v) is 6.01. The van der Waals surface area contributed by atoms with Gasteiger partial charge < -0.3 is 16.0 Å². The molecule has 144 valence electrons. The van der Waals surface area contributed by atoms with Crippen molar-refractivity contribution in [2.24, 2.45) is 0 Å². The Bertz CT molecular complexity index is 818. The lowest BCUT2D eigenvalue weighted by atomic mass is 10.1. The molecule has 0 fully saturated rings. The number of carbonyl (C=O) groups excluding carboxylic acids is 2. The predicted molar refractivity (Wildman–Crippen MR) is 96.1 cm³/mol. The molecule has 0 aliphatic carbocycles. The van der Waals surface area contributed by atoms with Gasteiger partial charge in [-0.1, -0.05) is 24.3 Å². The minimum atomic E-state index is -4.63. The lowest BCUT2D eigenvalue weighted by Gasteiger charge is -2.13. The maximum absolute atomic E-state index is 13.1. The number of nitrogens with one attached hydrogen (secondary N) is 3. The summed E-state index contributed by atoms with van der Waals surface area (Å²) in [5.74, 6) is -1.19. The average Bonchev–Trinajstić information content (AvgIpc) is 2.59. The van der Waals surface area contributed by atoms with Gasteiger partial charge in [-0.15, -0.1) is 0 Å². The molecule has 0 heterocycles. The van der Waals surface area contributed by atoms with Crippen LogP contribution in [0.3, 0.4) is 0 Å². The van der Waals surface area contributed by atoms with Crippen LogP contribution in [0.5, 0.6) is 0 Å². The van der Waals surface area contributed by atoms with Crippen LogP contribution in [0.1, 0.15) is 34.0 Å². The van der Waals surface area contributed by atoms with Crippen molar-refractivity contribution in [2.45, 2.75) is 26.2 Å². The van der Waals surface area contributed by atoms with Crippen LogP contribution >= 0.6 is 0 Å². The lowest BCUT2D eigenvalue weighted by molar-refractivity contribution is -0.137. The number of halogens is 3. The minimum Gasteiger partial charge on any atom is -0.348 e. The van der Waals surface area contributed by atoms with Crippen LogP contribution in [0, 0.1) is 0 Å². The molecule has 0 aliphatic heterocycles. The molecule has 0 unspecified atom stereocenters. The summed E-state index contributed by atoms with van der Waals surface area (Å²) in [5, 5.41) is 7.89. The highest BCUT2D eigenvalue weighted by molar-refractivity contribution is 5.97. The Morgan fingerprint density at radius 1 is 0.963 bits per heavy atom. The van der Waals surface area contributed by atoms with E-state index in [4.69, 9.17) is 0 Å². The first-order valence-corrected chi connectivity index (χ1v) is 8.19. The van der Waals surface area contributed by atoms with E-state index >= 15 is 0 Å². The number of rotatable bonds is 6. The fourth-order valence-corrected chi connectivity index (χ4v) is 2.46. The van der Waals surface area contributed by atoms with E-state index in [-0.39, 0.29) is 17.8 Å². The Kier molecular flexibility index (Phi) is 6.57. The van der Waals surface area contributed by atoms with Crippen LogP contribution in [0.4, 0.5) is 18.9 Å². The van der Waals surface area contributed by atoms with E-state index in [2.05, 4.69) is 16.0 Å². The zero-order valence-corrected chi connectivity index (χ0v) is 14.9. The summed E-state index contributed by atoms with van der Waals surface area (Å²) in [6.07, 6.45) is -4.63. The van der Waals surface area contributed by atoms with Gasteiger partial charge in [-0.05, 0) is 36.4 Å². The van der Waals surface area contributed by atoms with Gasteiger partial charge in [-0.25, -0.2) is 0 Å². The molecule has 8 heteroatoms. The lowest BCUT2D eigenvalue weighted by Crippen LogP contribution is -2.23. The fourth-order valence-electron chi connectivity index (χ4n) is 2.46. The zero-order valence-electron chi connectivity index (χ0n) is 14.9. The molecular formula is C19H20F3N3O2. The molecule has 3 N–H and O–H groups in total. The van der Waals surface area contributed by atoms with Crippen LogP contribution in [-0.2, 0) is 24.1 Å². The maximum Gasteiger partial charge on any atom is 0.416 e. The Morgan fingerprint density at radius 2 is 1.56 bits per heavy atom. The third kappa shape index (κ3) is 6.10. The molecule has 0 saturated carbocycles. The number of alkyl halides is 3. The van der Waals surface area contributed by atoms with Crippen molar-refractivity contribution < 1.29 is 22.8 Å². The van der Waals surface area contributed by atoms with Crippen LogP contribution in [0.25, 0.3) is 0 Å². The van der Waals surface area contributed by atoms with Crippen LogP contribution in [0.2, 0.25) is 0 Å². The molecule has 27 heavy (non-hydrogen) atoms. The molecule has 0 atom stereocenters. The van der Waals surface area contributed by atoms with Crippen molar-refractivity contribution in [3.05, 3.63) is 64.7 Å². The molecule has 2 aromatic carbocycles. The van der Waals surface area contributed by atoms with Gasteiger partial charge in [0.2, 0.25) is 5.91 Å². The normalized spacial score (nSPS) is 11.1. The maximum atomic E-state index is 13.1. The SMILES string of the molecule is CNCc1ccc(CNC(=O)c2cc(NC(C)=O)cc(C(F)(F)F)c2)cc1. The monoisotopic (exact) mass is 379 g/mol. The van der Waals surface area contributed by atoms with Crippen LogP contribution in [0.15, 0.2) is 42.5 Å². The fraction of sp³-hybridized carbons (Fsp3) is 0.263. The number of hydrogen-bond donors (Lipinski definition) is 3. The van der Waals surface area contributed by atoms with Crippen molar-refractivity contribution in [1.82, 2.24) is 10.6 Å². The van der Waals surface area contributed by atoms with Crippen molar-refractivity contribution >= 4 is 17.5 Å². The van der Waals surface area contributed by atoms with E-state index < -0.39 is 23.6 Å². The Morgan fingerprint density at radius 3 is 2.07 bits per heavy atom. The first-order chi connectivity index (χ1) is 12.7. The molecule has 0 aromatic heterocycles. The van der Waals surface area contributed by atoms with Gasteiger partial charge in [0, 0.05) is 31.3 Å². The molecule has 5 nitrogen and oxygen atoms in total. The van der Waals surface area contributed by atoms with Gasteiger partial charge in [-0.3, -0.25) is 9.59 Å². The van der Waals surface area contributed by atoms with Crippen molar-refractivity contribution in [3.8, 4) is 0 Å². The smallest absolute Gasteiger partial charge is 0.348 e. The van der Waals surface area contributed by atoms with E-state index in [0.29, 0.717) is 6.54 Å². The third-order valence-corrected chi connectivity index (χ3v) is 3.70. The summed E-state index contributed by atoms with van der Waals surface area (Å²) in [4.78, 5) is 23.4. The highest BCUT2D eigenvalue weighted by atomic mass is 19.4. The Labute approximate surface area is 155 Å². The van der Waals surface area contributed by atoms with Gasteiger partial charge in [0.1, 0.15) is 0 Å².